The molecule has 1 atom stereocenters. The van der Waals surface area contributed by atoms with Crippen LogP contribution in [0, 0.1) is 0 Å². The first-order chi connectivity index (χ1) is 9.88. The molecule has 21 heavy (non-hydrogen) atoms. The second-order valence-corrected chi connectivity index (χ2v) is 5.88. The number of nitrogens with zero attached hydrogens (tertiary/aromatic N) is 1. The third-order valence-corrected chi connectivity index (χ3v) is 3.42. The van der Waals surface area contributed by atoms with E-state index in [0.29, 0.717) is 28.8 Å². The molecule has 7 heteroatoms. The standard InChI is InChI=1S/C14H16Cl2N2O3/c1-8(2)21-4-3-12-13(19)18(14(20)17-12)11-6-9(15)5-10(16)7-11/h5-8,12H,3-4H2,1-2H3,(H,17,20)/t12-/m0/s1. The second kappa shape index (κ2) is 6.64. The minimum Gasteiger partial charge on any atom is -0.379 e. The SMILES string of the molecule is CC(C)OCC[C@@H]1NC(=O)N(c2cc(Cl)cc(Cl)c2)C1=O. The highest BCUT2D eigenvalue weighted by atomic mass is 35.5. The van der Waals surface area contributed by atoms with Crippen molar-refractivity contribution in [3.05, 3.63) is 28.2 Å². The summed E-state index contributed by atoms with van der Waals surface area (Å²) in [5, 5.41) is 3.37. The molecular formula is C14H16Cl2N2O3. The monoisotopic (exact) mass is 330 g/mol. The van der Waals surface area contributed by atoms with Gasteiger partial charge in [0.05, 0.1) is 11.8 Å². The fourth-order valence-electron chi connectivity index (χ4n) is 2.06. The molecule has 3 amide bonds. The van der Waals surface area contributed by atoms with Crippen LogP contribution in [0.4, 0.5) is 10.5 Å². The number of carbonyl (C=O) groups excluding carboxylic acids is 2. The van der Waals surface area contributed by atoms with Gasteiger partial charge in [-0.3, -0.25) is 4.79 Å². The van der Waals surface area contributed by atoms with E-state index in [1.807, 2.05) is 13.8 Å². The van der Waals surface area contributed by atoms with E-state index in [2.05, 4.69) is 5.32 Å². The maximum Gasteiger partial charge on any atom is 0.329 e. The van der Waals surface area contributed by atoms with Crippen molar-refractivity contribution >= 4 is 40.8 Å². The molecule has 1 aromatic carbocycles. The average Bonchev–Trinajstić information content (AvgIpc) is 2.62. The number of rotatable bonds is 5. The summed E-state index contributed by atoms with van der Waals surface area (Å²) >= 11 is 11.8. The van der Waals surface area contributed by atoms with E-state index < -0.39 is 12.1 Å². The summed E-state index contributed by atoms with van der Waals surface area (Å²) in [6.45, 7) is 4.23. The zero-order valence-corrected chi connectivity index (χ0v) is 13.2. The largest absolute Gasteiger partial charge is 0.379 e. The highest BCUT2D eigenvalue weighted by Gasteiger charge is 2.38. The lowest BCUT2D eigenvalue weighted by Crippen LogP contribution is -2.32. The molecule has 2 rings (SSSR count). The van der Waals surface area contributed by atoms with Gasteiger partial charge in [-0.25, -0.2) is 9.69 Å². The van der Waals surface area contributed by atoms with E-state index in [1.54, 1.807) is 6.07 Å². The molecule has 1 heterocycles. The van der Waals surface area contributed by atoms with Gasteiger partial charge in [-0.1, -0.05) is 23.2 Å². The first-order valence-corrected chi connectivity index (χ1v) is 7.36. The van der Waals surface area contributed by atoms with Crippen LogP contribution in [-0.2, 0) is 9.53 Å². The number of benzene rings is 1. The molecule has 1 fully saturated rings. The number of nitrogens with one attached hydrogen (secondary N) is 1. The Morgan fingerprint density at radius 2 is 1.86 bits per heavy atom. The van der Waals surface area contributed by atoms with Gasteiger partial charge in [0.2, 0.25) is 0 Å². The summed E-state index contributed by atoms with van der Waals surface area (Å²) in [6, 6.07) is 3.52. The van der Waals surface area contributed by atoms with Crippen LogP contribution in [0.3, 0.4) is 0 Å². The van der Waals surface area contributed by atoms with Gasteiger partial charge >= 0.3 is 6.03 Å². The summed E-state index contributed by atoms with van der Waals surface area (Å²) < 4.78 is 5.40. The van der Waals surface area contributed by atoms with Crippen LogP contribution in [0.15, 0.2) is 18.2 Å². The van der Waals surface area contributed by atoms with E-state index in [4.69, 9.17) is 27.9 Å². The molecule has 0 aliphatic carbocycles. The number of hydrogen-bond donors (Lipinski definition) is 1. The Bertz CT molecular complexity index is 543. The maximum absolute atomic E-state index is 12.3. The van der Waals surface area contributed by atoms with Crippen molar-refractivity contribution in [2.45, 2.75) is 32.4 Å². The molecule has 0 bridgehead atoms. The van der Waals surface area contributed by atoms with Gasteiger partial charge in [-0.15, -0.1) is 0 Å². The van der Waals surface area contributed by atoms with Crippen molar-refractivity contribution in [1.29, 1.82) is 0 Å². The zero-order valence-electron chi connectivity index (χ0n) is 11.7. The van der Waals surface area contributed by atoms with Gasteiger partial charge in [-0.05, 0) is 32.0 Å². The van der Waals surface area contributed by atoms with Gasteiger partial charge in [0.1, 0.15) is 6.04 Å². The molecular weight excluding hydrogens is 315 g/mol. The minimum absolute atomic E-state index is 0.0834. The van der Waals surface area contributed by atoms with Crippen LogP contribution in [0.2, 0.25) is 10.0 Å². The Balaban J connectivity index is 2.11. The van der Waals surface area contributed by atoms with E-state index in [-0.39, 0.29) is 12.0 Å². The predicted molar refractivity (Wildman–Crippen MR) is 82.0 cm³/mol. The number of amides is 3. The Morgan fingerprint density at radius 3 is 2.43 bits per heavy atom. The smallest absolute Gasteiger partial charge is 0.329 e. The Kier molecular flexibility index (Phi) is 5.08. The predicted octanol–water partition coefficient (Wildman–Crippen LogP) is 3.23. The number of anilines is 1. The molecule has 0 saturated carbocycles. The van der Waals surface area contributed by atoms with Crippen LogP contribution in [-0.4, -0.2) is 30.7 Å². The molecule has 1 aliphatic heterocycles. The molecule has 1 N–H and O–H groups in total. The summed E-state index contributed by atoms with van der Waals surface area (Å²) in [5.74, 6) is -0.328. The first kappa shape index (κ1) is 16.1. The molecule has 0 unspecified atom stereocenters. The van der Waals surface area contributed by atoms with Gasteiger partial charge < -0.3 is 10.1 Å². The summed E-state index contributed by atoms with van der Waals surface area (Å²) in [6.07, 6.45) is 0.508. The van der Waals surface area contributed by atoms with Crippen LogP contribution in [0.5, 0.6) is 0 Å². The third kappa shape index (κ3) is 3.87. The third-order valence-electron chi connectivity index (χ3n) is 2.98. The number of hydrogen-bond acceptors (Lipinski definition) is 3. The fourth-order valence-corrected chi connectivity index (χ4v) is 2.58. The van der Waals surface area contributed by atoms with E-state index in [1.165, 1.54) is 12.1 Å². The normalized spacial score (nSPS) is 18.5. The zero-order chi connectivity index (χ0) is 15.6. The van der Waals surface area contributed by atoms with Gasteiger partial charge in [0.15, 0.2) is 0 Å². The minimum atomic E-state index is -0.589. The maximum atomic E-state index is 12.3. The molecule has 0 radical (unpaired) electrons. The van der Waals surface area contributed by atoms with Crippen molar-refractivity contribution in [1.82, 2.24) is 5.32 Å². The number of halogens is 2. The Hall–Kier alpha value is -1.30. The van der Waals surface area contributed by atoms with Gasteiger partial charge in [-0.2, -0.15) is 0 Å². The fraction of sp³-hybridized carbons (Fsp3) is 0.429. The van der Waals surface area contributed by atoms with Gasteiger partial charge in [0.25, 0.3) is 5.91 Å². The number of carbonyl (C=O) groups is 2. The highest BCUT2D eigenvalue weighted by molar-refractivity contribution is 6.35. The lowest BCUT2D eigenvalue weighted by atomic mass is 10.2. The summed E-state index contributed by atoms with van der Waals surface area (Å²) in [4.78, 5) is 25.4. The molecule has 1 aromatic rings. The topological polar surface area (TPSA) is 58.6 Å². The van der Waals surface area contributed by atoms with E-state index in [0.717, 1.165) is 4.90 Å². The molecule has 5 nitrogen and oxygen atoms in total. The number of urea groups is 1. The Morgan fingerprint density at radius 1 is 1.24 bits per heavy atom. The highest BCUT2D eigenvalue weighted by Crippen LogP contribution is 2.28. The molecule has 1 aliphatic rings. The number of imide groups is 1. The van der Waals surface area contributed by atoms with Crippen LogP contribution < -0.4 is 10.2 Å². The van der Waals surface area contributed by atoms with Crippen molar-refractivity contribution in [2.24, 2.45) is 0 Å². The van der Waals surface area contributed by atoms with Crippen LogP contribution >= 0.6 is 23.2 Å². The Labute approximate surface area is 133 Å². The van der Waals surface area contributed by atoms with Gasteiger partial charge in [0, 0.05) is 23.1 Å². The van der Waals surface area contributed by atoms with Crippen LogP contribution in [0.25, 0.3) is 0 Å². The quantitative estimate of drug-likeness (QED) is 0.843. The molecule has 1 saturated heterocycles. The van der Waals surface area contributed by atoms with Crippen molar-refractivity contribution in [2.75, 3.05) is 11.5 Å². The lowest BCUT2D eigenvalue weighted by Gasteiger charge is -2.14. The lowest BCUT2D eigenvalue weighted by molar-refractivity contribution is -0.118. The first-order valence-electron chi connectivity index (χ1n) is 6.60. The average molecular weight is 331 g/mol. The summed E-state index contributed by atoms with van der Waals surface area (Å²) in [7, 11) is 0. The van der Waals surface area contributed by atoms with Crippen molar-refractivity contribution < 1.29 is 14.3 Å². The van der Waals surface area contributed by atoms with E-state index >= 15 is 0 Å². The van der Waals surface area contributed by atoms with Crippen molar-refractivity contribution in [3.63, 3.8) is 0 Å². The second-order valence-electron chi connectivity index (χ2n) is 5.01. The van der Waals surface area contributed by atoms with Crippen LogP contribution in [0.1, 0.15) is 20.3 Å². The van der Waals surface area contributed by atoms with Crippen molar-refractivity contribution in [3.8, 4) is 0 Å². The number of ether oxygens (including phenoxy) is 1. The van der Waals surface area contributed by atoms with E-state index in [9.17, 15) is 9.59 Å². The molecule has 114 valence electrons. The molecule has 0 aromatic heterocycles. The summed E-state index contributed by atoms with van der Waals surface area (Å²) in [5.41, 5.74) is 0.363. The molecule has 0 spiro atoms.